The predicted octanol–water partition coefficient (Wildman–Crippen LogP) is 2.80. The van der Waals surface area contributed by atoms with Crippen molar-refractivity contribution in [1.82, 2.24) is 14.9 Å². The van der Waals surface area contributed by atoms with E-state index in [1.807, 2.05) is 12.3 Å². The quantitative estimate of drug-likeness (QED) is 0.834. The van der Waals surface area contributed by atoms with E-state index in [1.54, 1.807) is 17.5 Å². The van der Waals surface area contributed by atoms with E-state index in [-0.39, 0.29) is 12.2 Å². The number of hydrogen-bond acceptors (Lipinski definition) is 6. The summed E-state index contributed by atoms with van der Waals surface area (Å²) in [6.45, 7) is 5.27. The highest BCUT2D eigenvalue weighted by Crippen LogP contribution is 2.33. The maximum Gasteiger partial charge on any atom is 0.107 e. The Balaban J connectivity index is 1.45. The summed E-state index contributed by atoms with van der Waals surface area (Å²) < 4.78 is 12.4. The fourth-order valence-corrected chi connectivity index (χ4v) is 4.50. The fourth-order valence-electron chi connectivity index (χ4n) is 3.71. The molecule has 2 bridgehead atoms. The van der Waals surface area contributed by atoms with Gasteiger partial charge in [-0.3, -0.25) is 9.88 Å². The van der Waals surface area contributed by atoms with Crippen LogP contribution in [0.5, 0.6) is 0 Å². The maximum atomic E-state index is 6.29. The first-order valence-electron chi connectivity index (χ1n) is 8.57. The van der Waals surface area contributed by atoms with Gasteiger partial charge in [0.1, 0.15) is 5.01 Å². The number of thiazole rings is 1. The second-order valence-electron chi connectivity index (χ2n) is 6.54. The molecule has 4 rings (SSSR count). The minimum atomic E-state index is 0.133. The van der Waals surface area contributed by atoms with E-state index in [1.165, 1.54) is 5.01 Å². The Bertz CT molecular complexity index is 663. The van der Waals surface area contributed by atoms with Crippen LogP contribution in [0.2, 0.25) is 0 Å². The van der Waals surface area contributed by atoms with Gasteiger partial charge in [-0.2, -0.15) is 0 Å². The summed E-state index contributed by atoms with van der Waals surface area (Å²) in [4.78, 5) is 11.3. The summed E-state index contributed by atoms with van der Waals surface area (Å²) >= 11 is 1.74. The Hall–Kier alpha value is -1.34. The highest BCUT2D eigenvalue weighted by molar-refractivity contribution is 7.09. The normalized spacial score (nSPS) is 27.3. The number of rotatable bonds is 5. The van der Waals surface area contributed by atoms with E-state index in [0.29, 0.717) is 12.6 Å². The van der Waals surface area contributed by atoms with Gasteiger partial charge in [-0.15, -0.1) is 11.3 Å². The Morgan fingerprint density at radius 2 is 2.38 bits per heavy atom. The summed E-state index contributed by atoms with van der Waals surface area (Å²) in [5.74, 6) is 0. The van der Waals surface area contributed by atoms with Crippen molar-refractivity contribution in [2.75, 3.05) is 13.2 Å². The average Bonchev–Trinajstić information content (AvgIpc) is 3.13. The van der Waals surface area contributed by atoms with Gasteiger partial charge in [-0.05, 0) is 31.4 Å². The number of ether oxygens (including phenoxy) is 2. The van der Waals surface area contributed by atoms with Crippen LogP contribution in [0.1, 0.15) is 29.1 Å². The smallest absolute Gasteiger partial charge is 0.107 e. The molecule has 2 aliphatic rings. The molecule has 0 N–H and O–H groups in total. The first kappa shape index (κ1) is 16.1. The molecule has 24 heavy (non-hydrogen) atoms. The van der Waals surface area contributed by atoms with Crippen LogP contribution in [0.25, 0.3) is 0 Å². The third-order valence-electron chi connectivity index (χ3n) is 4.84. The summed E-state index contributed by atoms with van der Waals surface area (Å²) in [5.41, 5.74) is 2.22. The van der Waals surface area contributed by atoms with Crippen LogP contribution in [-0.4, -0.2) is 46.3 Å². The van der Waals surface area contributed by atoms with Gasteiger partial charge in [0.05, 0.1) is 32.0 Å². The van der Waals surface area contributed by atoms with Crippen LogP contribution >= 0.6 is 11.3 Å². The largest absolute Gasteiger partial charge is 0.374 e. The molecule has 128 valence electrons. The molecular formula is C18H23N3O2S. The molecule has 0 spiro atoms. The lowest BCUT2D eigenvalue weighted by atomic mass is 10.1. The third-order valence-corrected chi connectivity index (χ3v) is 5.79. The molecule has 0 aromatic carbocycles. The van der Waals surface area contributed by atoms with E-state index in [2.05, 4.69) is 33.2 Å². The monoisotopic (exact) mass is 345 g/mol. The average molecular weight is 345 g/mol. The van der Waals surface area contributed by atoms with E-state index < -0.39 is 0 Å². The minimum absolute atomic E-state index is 0.133. The summed E-state index contributed by atoms with van der Waals surface area (Å²) in [7, 11) is 0. The molecule has 0 unspecified atom stereocenters. The molecule has 2 aromatic rings. The van der Waals surface area contributed by atoms with Gasteiger partial charge in [0.15, 0.2) is 0 Å². The molecule has 3 atom stereocenters. The van der Waals surface area contributed by atoms with Gasteiger partial charge in [0.25, 0.3) is 0 Å². The third kappa shape index (κ3) is 3.52. The Morgan fingerprint density at radius 3 is 3.17 bits per heavy atom. The van der Waals surface area contributed by atoms with Crippen molar-refractivity contribution < 1.29 is 9.47 Å². The van der Waals surface area contributed by atoms with Crippen LogP contribution in [0.15, 0.2) is 29.9 Å². The van der Waals surface area contributed by atoms with E-state index in [4.69, 9.17) is 9.47 Å². The van der Waals surface area contributed by atoms with Crippen molar-refractivity contribution >= 4 is 11.3 Å². The molecule has 3 heterocycles. The lowest BCUT2D eigenvalue weighted by molar-refractivity contribution is -0.0614. The van der Waals surface area contributed by atoms with Gasteiger partial charge < -0.3 is 9.47 Å². The minimum Gasteiger partial charge on any atom is -0.374 e. The molecule has 2 aromatic heterocycles. The highest BCUT2D eigenvalue weighted by Gasteiger charge is 2.43. The molecular weight excluding hydrogens is 322 g/mol. The molecule has 6 heteroatoms. The number of hydrogen-bond donors (Lipinski definition) is 0. The molecule has 0 radical (unpaired) electrons. The molecule has 1 aliphatic heterocycles. The highest BCUT2D eigenvalue weighted by atomic mass is 32.1. The number of pyridine rings is 1. The van der Waals surface area contributed by atoms with Crippen molar-refractivity contribution in [1.29, 1.82) is 0 Å². The van der Waals surface area contributed by atoms with E-state index >= 15 is 0 Å². The maximum absolute atomic E-state index is 6.29. The van der Waals surface area contributed by atoms with Gasteiger partial charge in [-0.1, -0.05) is 6.07 Å². The van der Waals surface area contributed by atoms with Crippen molar-refractivity contribution in [3.8, 4) is 0 Å². The molecule has 1 saturated heterocycles. The first-order chi connectivity index (χ1) is 11.8. The van der Waals surface area contributed by atoms with Crippen LogP contribution < -0.4 is 0 Å². The van der Waals surface area contributed by atoms with E-state index in [0.717, 1.165) is 43.8 Å². The number of aryl methyl sites for hydroxylation is 1. The summed E-state index contributed by atoms with van der Waals surface area (Å²) in [5, 5.41) is 3.31. The van der Waals surface area contributed by atoms with E-state index in [9.17, 15) is 0 Å². The Labute approximate surface area is 146 Å². The SMILES string of the molecule is Cc1csc(CN2CCO[C@H]3CC[C@H]2[C@@H]3OCc2cccnc2)n1. The second-order valence-corrected chi connectivity index (χ2v) is 7.49. The van der Waals surface area contributed by atoms with Crippen LogP contribution in [0.4, 0.5) is 0 Å². The zero-order valence-corrected chi connectivity index (χ0v) is 14.7. The zero-order valence-electron chi connectivity index (χ0n) is 13.9. The van der Waals surface area contributed by atoms with Crippen molar-refractivity contribution in [2.45, 2.75) is 51.2 Å². The van der Waals surface area contributed by atoms with Gasteiger partial charge in [0, 0.05) is 36.1 Å². The van der Waals surface area contributed by atoms with Crippen LogP contribution in [-0.2, 0) is 22.6 Å². The van der Waals surface area contributed by atoms with Crippen molar-refractivity contribution in [3.63, 3.8) is 0 Å². The first-order valence-corrected chi connectivity index (χ1v) is 9.45. The molecule has 1 aliphatic carbocycles. The number of fused-ring (bicyclic) bond motifs is 2. The lowest BCUT2D eigenvalue weighted by Crippen LogP contribution is -2.42. The summed E-state index contributed by atoms with van der Waals surface area (Å²) in [6, 6.07) is 4.43. The van der Waals surface area contributed by atoms with Gasteiger partial charge in [0.2, 0.25) is 0 Å². The summed E-state index contributed by atoms with van der Waals surface area (Å²) in [6.07, 6.45) is 6.22. The zero-order chi connectivity index (χ0) is 16.4. The Morgan fingerprint density at radius 1 is 1.42 bits per heavy atom. The lowest BCUT2D eigenvalue weighted by Gasteiger charge is -2.30. The van der Waals surface area contributed by atoms with Gasteiger partial charge in [-0.25, -0.2) is 4.98 Å². The predicted molar refractivity (Wildman–Crippen MR) is 92.8 cm³/mol. The second kappa shape index (κ2) is 7.27. The number of aromatic nitrogens is 2. The molecule has 0 amide bonds. The molecule has 5 nitrogen and oxygen atoms in total. The van der Waals surface area contributed by atoms with Crippen molar-refractivity contribution in [2.24, 2.45) is 0 Å². The topological polar surface area (TPSA) is 47.5 Å². The molecule has 2 fully saturated rings. The number of nitrogens with zero attached hydrogens (tertiary/aromatic N) is 3. The van der Waals surface area contributed by atoms with Crippen LogP contribution in [0.3, 0.4) is 0 Å². The van der Waals surface area contributed by atoms with Gasteiger partial charge >= 0.3 is 0 Å². The fraction of sp³-hybridized carbons (Fsp3) is 0.556. The van der Waals surface area contributed by atoms with Crippen LogP contribution in [0, 0.1) is 6.92 Å². The standard InChI is InChI=1S/C18H23N3O2S/c1-13-12-24-17(20-13)10-21-7-8-22-16-5-4-15(21)18(16)23-11-14-3-2-6-19-9-14/h2-3,6,9,12,15-16,18H,4-5,7-8,10-11H2,1H3/t15-,16-,18-/m0/s1. The molecule has 1 saturated carbocycles. The van der Waals surface area contributed by atoms with Crippen molar-refractivity contribution in [3.05, 3.63) is 46.2 Å². The Kier molecular flexibility index (Phi) is 4.89.